The van der Waals surface area contributed by atoms with E-state index in [0.29, 0.717) is 17.0 Å². The van der Waals surface area contributed by atoms with E-state index in [-0.39, 0.29) is 11.8 Å². The van der Waals surface area contributed by atoms with Crippen LogP contribution >= 0.6 is 11.3 Å². The van der Waals surface area contributed by atoms with E-state index in [9.17, 15) is 9.59 Å². The molecule has 2 amide bonds. The zero-order valence-corrected chi connectivity index (χ0v) is 19.8. The van der Waals surface area contributed by atoms with Crippen LogP contribution in [0.5, 0.6) is 0 Å². The third-order valence-electron chi connectivity index (χ3n) is 6.23. The van der Waals surface area contributed by atoms with Gasteiger partial charge < -0.3 is 4.90 Å². The number of hydrogen-bond donors (Lipinski definition) is 0. The van der Waals surface area contributed by atoms with E-state index in [0.717, 1.165) is 48.7 Å². The van der Waals surface area contributed by atoms with Crippen LogP contribution in [0, 0.1) is 13.8 Å². The summed E-state index contributed by atoms with van der Waals surface area (Å²) in [5.74, 6) is -0.445. The van der Waals surface area contributed by atoms with Gasteiger partial charge in [-0.15, -0.1) is 11.3 Å². The molecule has 0 N–H and O–H groups in total. The topological polar surface area (TPSA) is 43.9 Å². The van der Waals surface area contributed by atoms with E-state index in [1.54, 1.807) is 0 Å². The minimum Gasteiger partial charge on any atom is -0.364 e. The number of hydrogen-bond acceptors (Lipinski definition) is 5. The van der Waals surface area contributed by atoms with Gasteiger partial charge in [-0.25, -0.2) is 4.90 Å². The summed E-state index contributed by atoms with van der Waals surface area (Å²) in [6.45, 7) is 8.01. The molecule has 33 heavy (non-hydrogen) atoms. The molecular weight excluding hydrogens is 430 g/mol. The van der Waals surface area contributed by atoms with Crippen molar-refractivity contribution in [3.05, 3.63) is 93.3 Å². The molecule has 0 atom stereocenters. The first kappa shape index (κ1) is 21.6. The maximum absolute atomic E-state index is 13.7. The second-order valence-corrected chi connectivity index (χ2v) is 9.69. The molecule has 2 aliphatic heterocycles. The molecule has 0 unspecified atom stereocenters. The Labute approximate surface area is 198 Å². The number of amides is 2. The lowest BCUT2D eigenvalue weighted by molar-refractivity contribution is -0.120. The number of carbonyl (C=O) groups excluding carboxylic acids is 2. The highest BCUT2D eigenvalue weighted by molar-refractivity contribution is 7.11. The van der Waals surface area contributed by atoms with Gasteiger partial charge in [-0.05, 0) is 54.1 Å². The molecule has 3 aromatic rings. The Balaban J connectivity index is 1.43. The first-order valence-electron chi connectivity index (χ1n) is 11.3. The number of anilines is 1. The standard InChI is InChI=1S/C27H27N3O2S/c1-19-15-20(2)17-22(16-19)30-26(31)24(23-9-6-14-33-23)25(27(30)32)29-12-10-28(11-13-29)18-21-7-4-3-5-8-21/h3-9,14-17H,10-13,18H2,1-2H3. The average molecular weight is 458 g/mol. The smallest absolute Gasteiger partial charge is 0.282 e. The van der Waals surface area contributed by atoms with Crippen LogP contribution in [0.2, 0.25) is 0 Å². The van der Waals surface area contributed by atoms with Gasteiger partial charge in [-0.3, -0.25) is 14.5 Å². The summed E-state index contributed by atoms with van der Waals surface area (Å²) >= 11 is 1.50. The lowest BCUT2D eigenvalue weighted by atomic mass is 10.1. The number of rotatable bonds is 5. The van der Waals surface area contributed by atoms with Crippen LogP contribution in [-0.2, 0) is 16.1 Å². The van der Waals surface area contributed by atoms with Crippen molar-refractivity contribution in [2.45, 2.75) is 20.4 Å². The molecule has 5 nitrogen and oxygen atoms in total. The van der Waals surface area contributed by atoms with E-state index in [2.05, 4.69) is 40.1 Å². The molecule has 1 saturated heterocycles. The number of piperazine rings is 1. The van der Waals surface area contributed by atoms with Crippen molar-refractivity contribution >= 4 is 34.4 Å². The van der Waals surface area contributed by atoms with Crippen molar-refractivity contribution < 1.29 is 9.59 Å². The summed E-state index contributed by atoms with van der Waals surface area (Å²) in [5.41, 5.74) is 5.08. The quantitative estimate of drug-likeness (QED) is 0.531. The third-order valence-corrected chi connectivity index (χ3v) is 7.12. The van der Waals surface area contributed by atoms with E-state index in [1.165, 1.54) is 21.8 Å². The number of aryl methyl sites for hydroxylation is 2. The van der Waals surface area contributed by atoms with Crippen molar-refractivity contribution in [1.29, 1.82) is 0 Å². The maximum Gasteiger partial charge on any atom is 0.282 e. The predicted octanol–water partition coefficient (Wildman–Crippen LogP) is 4.47. The Morgan fingerprint density at radius 3 is 2.15 bits per heavy atom. The Hall–Kier alpha value is -3.22. The molecular formula is C27H27N3O2S. The van der Waals surface area contributed by atoms with Crippen molar-refractivity contribution in [3.63, 3.8) is 0 Å². The largest absolute Gasteiger partial charge is 0.364 e. The molecule has 2 aromatic carbocycles. The minimum absolute atomic E-state index is 0.218. The highest BCUT2D eigenvalue weighted by atomic mass is 32.1. The summed E-state index contributed by atoms with van der Waals surface area (Å²) < 4.78 is 0. The van der Waals surface area contributed by atoms with Crippen molar-refractivity contribution in [1.82, 2.24) is 9.80 Å². The molecule has 0 radical (unpaired) electrons. The third kappa shape index (κ3) is 4.24. The number of nitrogens with zero attached hydrogens (tertiary/aromatic N) is 3. The van der Waals surface area contributed by atoms with Crippen LogP contribution in [0.1, 0.15) is 21.6 Å². The molecule has 0 saturated carbocycles. The highest BCUT2D eigenvalue weighted by Gasteiger charge is 2.43. The first-order chi connectivity index (χ1) is 16.0. The van der Waals surface area contributed by atoms with Crippen LogP contribution < -0.4 is 4.90 Å². The van der Waals surface area contributed by atoms with Gasteiger partial charge in [-0.1, -0.05) is 42.5 Å². The monoisotopic (exact) mass is 457 g/mol. The highest BCUT2D eigenvalue weighted by Crippen LogP contribution is 2.37. The Morgan fingerprint density at radius 2 is 1.52 bits per heavy atom. The van der Waals surface area contributed by atoms with Crippen LogP contribution in [0.15, 0.2) is 71.7 Å². The molecule has 3 heterocycles. The van der Waals surface area contributed by atoms with Crippen LogP contribution in [0.3, 0.4) is 0 Å². The number of thiophene rings is 1. The normalized spacial score (nSPS) is 17.4. The van der Waals surface area contributed by atoms with Gasteiger partial charge in [0.1, 0.15) is 5.70 Å². The molecule has 0 aliphatic carbocycles. The molecule has 6 heteroatoms. The summed E-state index contributed by atoms with van der Waals surface area (Å²) in [4.78, 5) is 34.1. The molecule has 5 rings (SSSR count). The van der Waals surface area contributed by atoms with Gasteiger partial charge in [0.15, 0.2) is 0 Å². The summed E-state index contributed by atoms with van der Waals surface area (Å²) in [7, 11) is 0. The van der Waals surface area contributed by atoms with Crippen LogP contribution in [0.25, 0.3) is 5.57 Å². The lowest BCUT2D eigenvalue weighted by Crippen LogP contribution is -2.47. The van der Waals surface area contributed by atoms with Gasteiger partial charge in [0.25, 0.3) is 11.8 Å². The lowest BCUT2D eigenvalue weighted by Gasteiger charge is -2.36. The van der Waals surface area contributed by atoms with Gasteiger partial charge >= 0.3 is 0 Å². The summed E-state index contributed by atoms with van der Waals surface area (Å²) in [6.07, 6.45) is 0. The fraction of sp³-hybridized carbons (Fsp3) is 0.259. The summed E-state index contributed by atoms with van der Waals surface area (Å²) in [5, 5.41) is 1.95. The Morgan fingerprint density at radius 1 is 0.818 bits per heavy atom. The minimum atomic E-state index is -0.228. The average Bonchev–Trinajstić information content (AvgIpc) is 3.40. The van der Waals surface area contributed by atoms with Crippen LogP contribution in [-0.4, -0.2) is 47.8 Å². The predicted molar refractivity (Wildman–Crippen MR) is 133 cm³/mol. The zero-order chi connectivity index (χ0) is 22.9. The fourth-order valence-corrected chi connectivity index (χ4v) is 5.50. The molecule has 2 aliphatic rings. The van der Waals surface area contributed by atoms with Crippen LogP contribution in [0.4, 0.5) is 5.69 Å². The molecule has 0 bridgehead atoms. The molecule has 0 spiro atoms. The Bertz CT molecular complexity index is 1190. The number of imide groups is 1. The number of benzene rings is 2. The summed E-state index contributed by atoms with van der Waals surface area (Å²) in [6, 6.07) is 20.2. The van der Waals surface area contributed by atoms with Gasteiger partial charge in [0.05, 0.1) is 11.3 Å². The van der Waals surface area contributed by atoms with Crippen molar-refractivity contribution in [2.75, 3.05) is 31.1 Å². The maximum atomic E-state index is 13.7. The second-order valence-electron chi connectivity index (χ2n) is 8.74. The molecule has 1 fully saturated rings. The molecule has 1 aromatic heterocycles. The number of carbonyl (C=O) groups is 2. The SMILES string of the molecule is Cc1cc(C)cc(N2C(=O)C(c3cccs3)=C(N3CCN(Cc4ccccc4)CC3)C2=O)c1. The van der Waals surface area contributed by atoms with E-state index < -0.39 is 0 Å². The van der Waals surface area contributed by atoms with E-state index in [4.69, 9.17) is 0 Å². The van der Waals surface area contributed by atoms with E-state index in [1.807, 2.05) is 49.6 Å². The van der Waals surface area contributed by atoms with Crippen molar-refractivity contribution in [3.8, 4) is 0 Å². The zero-order valence-electron chi connectivity index (χ0n) is 19.0. The fourth-order valence-electron chi connectivity index (χ4n) is 4.74. The van der Waals surface area contributed by atoms with Gasteiger partial charge in [0.2, 0.25) is 0 Å². The van der Waals surface area contributed by atoms with Gasteiger partial charge in [0, 0.05) is 37.6 Å². The van der Waals surface area contributed by atoms with Gasteiger partial charge in [-0.2, -0.15) is 0 Å². The van der Waals surface area contributed by atoms with Crippen molar-refractivity contribution in [2.24, 2.45) is 0 Å². The first-order valence-corrected chi connectivity index (χ1v) is 12.2. The second kappa shape index (κ2) is 8.96. The Kier molecular flexibility index (Phi) is 5.87. The molecule has 168 valence electrons. The van der Waals surface area contributed by atoms with E-state index >= 15 is 0 Å².